The van der Waals surface area contributed by atoms with Crippen LogP contribution < -0.4 is 16.0 Å². The third-order valence-corrected chi connectivity index (χ3v) is 5.60. The summed E-state index contributed by atoms with van der Waals surface area (Å²) in [5, 5.41) is 3.31. The molecule has 1 saturated heterocycles. The van der Waals surface area contributed by atoms with Crippen molar-refractivity contribution >= 4 is 17.5 Å². The average Bonchev–Trinajstić information content (AvgIpc) is 2.71. The van der Waals surface area contributed by atoms with Crippen LogP contribution in [0.1, 0.15) is 44.9 Å². The second-order valence-electron chi connectivity index (χ2n) is 7.70. The largest absolute Gasteiger partial charge is 0.351 e. The van der Waals surface area contributed by atoms with E-state index >= 15 is 0 Å². The van der Waals surface area contributed by atoms with Gasteiger partial charge in [-0.05, 0) is 50.7 Å². The van der Waals surface area contributed by atoms with E-state index in [0.29, 0.717) is 24.5 Å². The number of hydrogen-bond donors (Lipinski definition) is 2. The van der Waals surface area contributed by atoms with Crippen molar-refractivity contribution in [1.29, 1.82) is 0 Å². The molecule has 4 rings (SSSR count). The molecular formula is C21H26FN5O. The SMILES string of the molecule is N[C@H]1CC[C@H](Nc2ncc(F)c(-c3cccc(N4CCCCC4=O)c3)n2)CC1. The number of carbonyl (C=O) groups is 1. The van der Waals surface area contributed by atoms with Crippen molar-refractivity contribution in [2.45, 2.75) is 57.0 Å². The third-order valence-electron chi connectivity index (χ3n) is 5.60. The number of nitrogens with two attached hydrogens (primary N) is 1. The monoisotopic (exact) mass is 383 g/mol. The highest BCUT2D eigenvalue weighted by molar-refractivity contribution is 5.94. The molecule has 6 nitrogen and oxygen atoms in total. The van der Waals surface area contributed by atoms with E-state index in [4.69, 9.17) is 5.73 Å². The molecule has 28 heavy (non-hydrogen) atoms. The zero-order valence-corrected chi connectivity index (χ0v) is 15.9. The summed E-state index contributed by atoms with van der Waals surface area (Å²) in [5.41, 5.74) is 7.64. The lowest BCUT2D eigenvalue weighted by Crippen LogP contribution is -2.35. The molecule has 1 amide bonds. The minimum Gasteiger partial charge on any atom is -0.351 e. The zero-order valence-electron chi connectivity index (χ0n) is 15.9. The number of nitrogens with zero attached hydrogens (tertiary/aromatic N) is 3. The highest BCUT2D eigenvalue weighted by atomic mass is 19.1. The Labute approximate surface area is 164 Å². The molecule has 3 N–H and O–H groups in total. The summed E-state index contributed by atoms with van der Waals surface area (Å²) in [6.45, 7) is 0.700. The maximum absolute atomic E-state index is 14.5. The van der Waals surface area contributed by atoms with Gasteiger partial charge in [0.1, 0.15) is 5.69 Å². The molecule has 0 atom stereocenters. The molecule has 0 unspecified atom stereocenters. The van der Waals surface area contributed by atoms with E-state index in [-0.39, 0.29) is 23.7 Å². The molecule has 0 bridgehead atoms. The molecule has 1 aliphatic heterocycles. The summed E-state index contributed by atoms with van der Waals surface area (Å²) in [6.07, 6.45) is 7.54. The van der Waals surface area contributed by atoms with Gasteiger partial charge in [-0.3, -0.25) is 4.79 Å². The van der Waals surface area contributed by atoms with Crippen LogP contribution in [-0.4, -0.2) is 34.5 Å². The Morgan fingerprint density at radius 2 is 2.00 bits per heavy atom. The number of amides is 1. The summed E-state index contributed by atoms with van der Waals surface area (Å²) in [4.78, 5) is 22.5. The fourth-order valence-electron chi connectivity index (χ4n) is 3.99. The van der Waals surface area contributed by atoms with Gasteiger partial charge >= 0.3 is 0 Å². The molecular weight excluding hydrogens is 357 g/mol. The number of benzene rings is 1. The van der Waals surface area contributed by atoms with Crippen LogP contribution in [0.5, 0.6) is 0 Å². The minimum absolute atomic E-state index is 0.115. The van der Waals surface area contributed by atoms with Gasteiger partial charge in [0.2, 0.25) is 11.9 Å². The minimum atomic E-state index is -0.474. The van der Waals surface area contributed by atoms with Crippen LogP contribution >= 0.6 is 0 Å². The van der Waals surface area contributed by atoms with Gasteiger partial charge in [-0.25, -0.2) is 14.4 Å². The number of anilines is 2. The Morgan fingerprint density at radius 3 is 2.79 bits per heavy atom. The van der Waals surface area contributed by atoms with E-state index in [2.05, 4.69) is 15.3 Å². The lowest BCUT2D eigenvalue weighted by molar-refractivity contribution is -0.119. The molecule has 1 aromatic heterocycles. The molecule has 148 valence electrons. The van der Waals surface area contributed by atoms with Crippen molar-refractivity contribution in [2.75, 3.05) is 16.8 Å². The number of aromatic nitrogens is 2. The summed E-state index contributed by atoms with van der Waals surface area (Å²) in [5.74, 6) is 0.0686. The molecule has 0 radical (unpaired) electrons. The summed E-state index contributed by atoms with van der Waals surface area (Å²) in [7, 11) is 0. The van der Waals surface area contributed by atoms with Crippen LogP contribution in [0.2, 0.25) is 0 Å². The van der Waals surface area contributed by atoms with Crippen molar-refractivity contribution in [1.82, 2.24) is 9.97 Å². The molecule has 1 aliphatic carbocycles. The van der Waals surface area contributed by atoms with Crippen molar-refractivity contribution in [3.8, 4) is 11.3 Å². The Balaban J connectivity index is 1.56. The van der Waals surface area contributed by atoms with Gasteiger partial charge < -0.3 is 16.0 Å². The maximum atomic E-state index is 14.5. The smallest absolute Gasteiger partial charge is 0.226 e. The standard InChI is InChI=1S/C21H26FN5O/c22-18-13-24-21(25-16-9-7-15(23)8-10-16)26-20(18)14-4-3-5-17(12-14)27-11-2-1-6-19(27)28/h3-5,12-13,15-16H,1-2,6-11,23H2,(H,24,25,26)/t15-,16-. The highest BCUT2D eigenvalue weighted by Crippen LogP contribution is 2.28. The predicted octanol–water partition coefficient (Wildman–Crippen LogP) is 3.48. The van der Waals surface area contributed by atoms with Gasteiger partial charge in [0, 0.05) is 36.3 Å². The molecule has 2 aliphatic rings. The molecule has 1 aromatic carbocycles. The molecule has 7 heteroatoms. The Morgan fingerprint density at radius 1 is 1.18 bits per heavy atom. The maximum Gasteiger partial charge on any atom is 0.226 e. The van der Waals surface area contributed by atoms with E-state index in [0.717, 1.165) is 44.2 Å². The first kappa shape index (κ1) is 18.8. The topological polar surface area (TPSA) is 84.1 Å². The summed E-state index contributed by atoms with van der Waals surface area (Å²) in [6, 6.07) is 7.89. The zero-order chi connectivity index (χ0) is 19.5. The normalized spacial score (nSPS) is 22.9. The van der Waals surface area contributed by atoms with Crippen LogP contribution in [0.15, 0.2) is 30.5 Å². The number of carbonyl (C=O) groups excluding carboxylic acids is 1. The van der Waals surface area contributed by atoms with Gasteiger partial charge in [-0.1, -0.05) is 12.1 Å². The van der Waals surface area contributed by atoms with Crippen molar-refractivity contribution in [3.63, 3.8) is 0 Å². The van der Waals surface area contributed by atoms with Crippen LogP contribution in [0.25, 0.3) is 11.3 Å². The first-order chi connectivity index (χ1) is 13.6. The Hall–Kier alpha value is -2.54. The van der Waals surface area contributed by atoms with Crippen LogP contribution in [0.3, 0.4) is 0 Å². The second kappa shape index (κ2) is 8.22. The first-order valence-electron chi connectivity index (χ1n) is 10.1. The number of rotatable bonds is 4. The van der Waals surface area contributed by atoms with E-state index in [1.165, 1.54) is 6.20 Å². The fraction of sp³-hybridized carbons (Fsp3) is 0.476. The van der Waals surface area contributed by atoms with Gasteiger partial charge in [0.25, 0.3) is 0 Å². The van der Waals surface area contributed by atoms with Gasteiger partial charge in [0.05, 0.1) is 6.20 Å². The summed E-state index contributed by atoms with van der Waals surface area (Å²) < 4.78 is 14.5. The van der Waals surface area contributed by atoms with Crippen molar-refractivity contribution < 1.29 is 9.18 Å². The second-order valence-corrected chi connectivity index (χ2v) is 7.70. The van der Waals surface area contributed by atoms with Crippen molar-refractivity contribution in [3.05, 3.63) is 36.3 Å². The number of hydrogen-bond acceptors (Lipinski definition) is 5. The molecule has 2 fully saturated rings. The van der Waals surface area contributed by atoms with Gasteiger partial charge in [-0.2, -0.15) is 0 Å². The van der Waals surface area contributed by atoms with E-state index in [1.54, 1.807) is 4.90 Å². The van der Waals surface area contributed by atoms with E-state index in [9.17, 15) is 9.18 Å². The van der Waals surface area contributed by atoms with Gasteiger partial charge in [0.15, 0.2) is 5.82 Å². The van der Waals surface area contributed by atoms with Crippen LogP contribution in [-0.2, 0) is 4.79 Å². The number of piperidine rings is 1. The van der Waals surface area contributed by atoms with Crippen LogP contribution in [0, 0.1) is 5.82 Å². The lowest BCUT2D eigenvalue weighted by Gasteiger charge is -2.27. The average molecular weight is 383 g/mol. The third kappa shape index (κ3) is 4.14. The molecule has 0 spiro atoms. The van der Waals surface area contributed by atoms with Crippen molar-refractivity contribution in [2.24, 2.45) is 5.73 Å². The Kier molecular flexibility index (Phi) is 5.52. The predicted molar refractivity (Wildman–Crippen MR) is 107 cm³/mol. The lowest BCUT2D eigenvalue weighted by atomic mass is 9.92. The highest BCUT2D eigenvalue weighted by Gasteiger charge is 2.22. The number of nitrogens with one attached hydrogen (secondary N) is 1. The van der Waals surface area contributed by atoms with Gasteiger partial charge in [-0.15, -0.1) is 0 Å². The quantitative estimate of drug-likeness (QED) is 0.844. The molecule has 1 saturated carbocycles. The molecule has 2 aromatic rings. The number of halogens is 1. The first-order valence-corrected chi connectivity index (χ1v) is 10.1. The molecule has 2 heterocycles. The fourth-order valence-corrected chi connectivity index (χ4v) is 3.99. The van der Waals surface area contributed by atoms with E-state index in [1.807, 2.05) is 24.3 Å². The Bertz CT molecular complexity index is 850. The van der Waals surface area contributed by atoms with Crippen LogP contribution in [0.4, 0.5) is 16.0 Å². The van der Waals surface area contributed by atoms with E-state index < -0.39 is 5.82 Å². The summed E-state index contributed by atoms with van der Waals surface area (Å²) >= 11 is 0.